The third-order valence-electron chi connectivity index (χ3n) is 8.63. The van der Waals surface area contributed by atoms with Crippen molar-refractivity contribution >= 4 is 29.2 Å². The maximum Gasteiger partial charge on any atom is 0.403 e. The van der Waals surface area contributed by atoms with Gasteiger partial charge in [0.1, 0.15) is 17.8 Å². The fourth-order valence-corrected chi connectivity index (χ4v) is 6.24. The SMILES string of the molecule is CNCc1ccccc1CN(CC(=O)Nc1ccc2c(c1)CC1(C2)C(=O)Nc2ncccc21)C(=O)C1(C(F)(F)F)CC1. The third-order valence-corrected chi connectivity index (χ3v) is 8.63. The molecule has 0 bridgehead atoms. The van der Waals surface area contributed by atoms with E-state index in [1.54, 1.807) is 43.6 Å². The van der Waals surface area contributed by atoms with E-state index in [0.29, 0.717) is 36.5 Å². The van der Waals surface area contributed by atoms with Gasteiger partial charge in [0.25, 0.3) is 0 Å². The highest BCUT2D eigenvalue weighted by Crippen LogP contribution is 2.58. The zero-order valence-corrected chi connectivity index (χ0v) is 23.0. The zero-order valence-electron chi connectivity index (χ0n) is 23.0. The first-order valence-corrected chi connectivity index (χ1v) is 13.8. The Morgan fingerprint density at radius 1 is 1.02 bits per heavy atom. The molecular weight excluding hydrogens is 547 g/mol. The second-order valence-electron chi connectivity index (χ2n) is 11.4. The van der Waals surface area contributed by atoms with Crippen molar-refractivity contribution < 1.29 is 27.6 Å². The molecule has 11 heteroatoms. The van der Waals surface area contributed by atoms with Crippen LogP contribution in [0.25, 0.3) is 0 Å². The minimum Gasteiger partial charge on any atom is -0.328 e. The molecule has 2 aromatic carbocycles. The van der Waals surface area contributed by atoms with Crippen LogP contribution in [0.5, 0.6) is 0 Å². The average Bonchev–Trinajstić information content (AvgIpc) is 3.63. The molecule has 1 saturated carbocycles. The van der Waals surface area contributed by atoms with E-state index in [0.717, 1.165) is 27.2 Å². The largest absolute Gasteiger partial charge is 0.403 e. The number of nitrogens with one attached hydrogen (secondary N) is 3. The highest BCUT2D eigenvalue weighted by atomic mass is 19.4. The Hall–Kier alpha value is -4.25. The van der Waals surface area contributed by atoms with Crippen molar-refractivity contribution in [3.05, 3.63) is 88.6 Å². The molecule has 8 nitrogen and oxygen atoms in total. The fraction of sp³-hybridized carbons (Fsp3) is 0.355. The van der Waals surface area contributed by atoms with Crippen LogP contribution in [0, 0.1) is 5.41 Å². The number of pyridine rings is 1. The van der Waals surface area contributed by atoms with E-state index in [-0.39, 0.29) is 25.3 Å². The Labute approximate surface area is 240 Å². The summed E-state index contributed by atoms with van der Waals surface area (Å²) in [5.41, 5.74) is 1.42. The van der Waals surface area contributed by atoms with Gasteiger partial charge in [0.2, 0.25) is 17.7 Å². The quantitative estimate of drug-likeness (QED) is 0.374. The minimum atomic E-state index is -4.69. The van der Waals surface area contributed by atoms with Crippen molar-refractivity contribution in [3.8, 4) is 0 Å². The highest BCUT2D eigenvalue weighted by molar-refractivity contribution is 6.06. The molecule has 1 aromatic heterocycles. The van der Waals surface area contributed by atoms with Gasteiger partial charge in [0.05, 0.1) is 5.41 Å². The van der Waals surface area contributed by atoms with Crippen molar-refractivity contribution in [2.75, 3.05) is 24.2 Å². The van der Waals surface area contributed by atoms with Crippen LogP contribution in [0.4, 0.5) is 24.7 Å². The van der Waals surface area contributed by atoms with E-state index in [1.807, 2.05) is 24.3 Å². The van der Waals surface area contributed by atoms with E-state index >= 15 is 0 Å². The number of carbonyl (C=O) groups is 3. The predicted octanol–water partition coefficient (Wildman–Crippen LogP) is 4.10. The van der Waals surface area contributed by atoms with Crippen LogP contribution in [-0.2, 0) is 45.7 Å². The Bertz CT molecular complexity index is 1590. The standard InChI is InChI=1S/C31H30F3N5O3/c1-35-16-20-5-2-3-6-21(20)17-39(28(42)30(10-11-30)31(32,33)34)18-25(40)37-23-9-8-19-14-29(15-22(19)13-23)24-7-4-12-36-26(24)38-27(29)41/h2-9,12-13,35H,10-11,14-18H2,1H3,(H,37,40)(H,36,38,41). The molecule has 1 atom stereocenters. The number of alkyl halides is 3. The molecular formula is C31H30F3N5O3. The van der Waals surface area contributed by atoms with Gasteiger partial charge in [-0.2, -0.15) is 13.2 Å². The van der Waals surface area contributed by atoms with Gasteiger partial charge in [-0.25, -0.2) is 4.98 Å². The lowest BCUT2D eigenvalue weighted by Gasteiger charge is -2.29. The van der Waals surface area contributed by atoms with Gasteiger partial charge in [-0.3, -0.25) is 14.4 Å². The first-order chi connectivity index (χ1) is 20.1. The lowest BCUT2D eigenvalue weighted by atomic mass is 9.79. The van der Waals surface area contributed by atoms with Gasteiger partial charge >= 0.3 is 6.18 Å². The average molecular weight is 578 g/mol. The molecule has 3 N–H and O–H groups in total. The van der Waals surface area contributed by atoms with E-state index < -0.39 is 35.4 Å². The number of hydrogen-bond acceptors (Lipinski definition) is 5. The number of hydrogen-bond donors (Lipinski definition) is 3. The van der Waals surface area contributed by atoms with E-state index in [9.17, 15) is 27.6 Å². The van der Waals surface area contributed by atoms with Crippen LogP contribution in [-0.4, -0.2) is 47.4 Å². The first-order valence-electron chi connectivity index (χ1n) is 13.8. The minimum absolute atomic E-state index is 0.121. The van der Waals surface area contributed by atoms with Crippen molar-refractivity contribution in [2.45, 2.75) is 50.4 Å². The monoisotopic (exact) mass is 577 g/mol. The van der Waals surface area contributed by atoms with Crippen molar-refractivity contribution in [1.29, 1.82) is 0 Å². The van der Waals surface area contributed by atoms with E-state index in [1.165, 1.54) is 0 Å². The number of carbonyl (C=O) groups excluding carboxylic acids is 3. The molecule has 1 aliphatic heterocycles. The van der Waals surface area contributed by atoms with Crippen LogP contribution in [0.1, 0.15) is 40.7 Å². The van der Waals surface area contributed by atoms with Crippen LogP contribution in [0.2, 0.25) is 0 Å². The van der Waals surface area contributed by atoms with Gasteiger partial charge in [0, 0.05) is 30.5 Å². The highest BCUT2D eigenvalue weighted by Gasteiger charge is 2.69. The summed E-state index contributed by atoms with van der Waals surface area (Å²) in [6, 6.07) is 16.2. The molecule has 3 amide bonds. The van der Waals surface area contributed by atoms with Crippen LogP contribution < -0.4 is 16.0 Å². The van der Waals surface area contributed by atoms with Gasteiger partial charge in [-0.1, -0.05) is 36.4 Å². The number of nitrogens with zero attached hydrogens (tertiary/aromatic N) is 2. The van der Waals surface area contributed by atoms with Gasteiger partial charge in [-0.05, 0) is 73.2 Å². The molecule has 1 fully saturated rings. The van der Waals surface area contributed by atoms with E-state index in [2.05, 4.69) is 20.9 Å². The Morgan fingerprint density at radius 3 is 2.48 bits per heavy atom. The van der Waals surface area contributed by atoms with Crippen LogP contribution in [0.3, 0.4) is 0 Å². The lowest BCUT2D eigenvalue weighted by Crippen LogP contribution is -2.46. The number of aromatic nitrogens is 1. The number of fused-ring (bicyclic) bond motifs is 3. The fourth-order valence-electron chi connectivity index (χ4n) is 6.24. The number of amides is 3. The molecule has 42 heavy (non-hydrogen) atoms. The molecule has 6 rings (SSSR count). The van der Waals surface area contributed by atoms with Gasteiger partial charge < -0.3 is 20.9 Å². The molecule has 3 aromatic rings. The smallest absolute Gasteiger partial charge is 0.328 e. The molecule has 0 radical (unpaired) electrons. The van der Waals surface area contributed by atoms with Crippen molar-refractivity contribution in [1.82, 2.24) is 15.2 Å². The van der Waals surface area contributed by atoms with Crippen molar-refractivity contribution in [3.63, 3.8) is 0 Å². The normalized spacial score (nSPS) is 19.7. The number of halogens is 3. The lowest BCUT2D eigenvalue weighted by molar-refractivity contribution is -0.199. The second kappa shape index (κ2) is 10.2. The van der Waals surface area contributed by atoms with E-state index in [4.69, 9.17) is 0 Å². The molecule has 2 heterocycles. The molecule has 218 valence electrons. The predicted molar refractivity (Wildman–Crippen MR) is 149 cm³/mol. The summed E-state index contributed by atoms with van der Waals surface area (Å²) in [5, 5.41) is 8.65. The summed E-state index contributed by atoms with van der Waals surface area (Å²) in [5.74, 6) is -1.25. The Morgan fingerprint density at radius 2 is 1.76 bits per heavy atom. The van der Waals surface area contributed by atoms with Gasteiger partial charge in [-0.15, -0.1) is 0 Å². The summed E-state index contributed by atoms with van der Waals surface area (Å²) in [7, 11) is 1.75. The number of anilines is 2. The number of benzene rings is 2. The maximum absolute atomic E-state index is 13.9. The molecule has 1 unspecified atom stereocenters. The molecule has 0 saturated heterocycles. The summed E-state index contributed by atoms with van der Waals surface area (Å²) >= 11 is 0. The first kappa shape index (κ1) is 27.9. The van der Waals surface area contributed by atoms with Crippen LogP contribution >= 0.6 is 0 Å². The number of rotatable bonds is 8. The summed E-state index contributed by atoms with van der Waals surface area (Å²) in [6.07, 6.45) is -2.72. The topological polar surface area (TPSA) is 103 Å². The zero-order chi connectivity index (χ0) is 29.7. The van der Waals surface area contributed by atoms with Gasteiger partial charge in [0.15, 0.2) is 0 Å². The maximum atomic E-state index is 13.9. The second-order valence-corrected chi connectivity index (χ2v) is 11.4. The summed E-state index contributed by atoms with van der Waals surface area (Å²) < 4.78 is 41.7. The Kier molecular flexibility index (Phi) is 6.80. The molecule has 2 aliphatic carbocycles. The Balaban J connectivity index is 1.21. The van der Waals surface area contributed by atoms with Crippen LogP contribution in [0.15, 0.2) is 60.8 Å². The third kappa shape index (κ3) is 4.71. The molecule has 3 aliphatic rings. The molecule has 1 spiro atoms. The summed E-state index contributed by atoms with van der Waals surface area (Å²) in [4.78, 5) is 44.8. The summed E-state index contributed by atoms with van der Waals surface area (Å²) in [6.45, 7) is -0.200. The van der Waals surface area contributed by atoms with Crippen molar-refractivity contribution in [2.24, 2.45) is 5.41 Å².